The van der Waals surface area contributed by atoms with Gasteiger partial charge in [0, 0.05) is 43.6 Å². The Morgan fingerprint density at radius 1 is 0.774 bits per heavy atom. The molecule has 0 spiro atoms. The molecule has 1 aromatic rings. The van der Waals surface area contributed by atoms with Crippen LogP contribution in [0.25, 0.3) is 0 Å². The molecule has 2 atom stereocenters. The maximum atomic E-state index is 5.82. The lowest BCUT2D eigenvalue weighted by molar-refractivity contribution is -0.0860. The van der Waals surface area contributed by atoms with Gasteiger partial charge >= 0.3 is 0 Å². The Morgan fingerprint density at radius 2 is 1.23 bits per heavy atom. The second-order valence-corrected chi connectivity index (χ2v) is 9.51. The Bertz CT molecular complexity index is 682. The van der Waals surface area contributed by atoms with Crippen LogP contribution in [0.3, 0.4) is 0 Å². The van der Waals surface area contributed by atoms with Crippen molar-refractivity contribution in [2.45, 2.75) is 58.0 Å². The van der Waals surface area contributed by atoms with E-state index in [0.717, 1.165) is 63.5 Å². The fourth-order valence-electron chi connectivity index (χ4n) is 5.54. The zero-order chi connectivity index (χ0) is 21.2. The minimum Gasteiger partial charge on any atom is -0.356 e. The van der Waals surface area contributed by atoms with E-state index in [9.17, 15) is 0 Å². The Kier molecular flexibility index (Phi) is 6.59. The largest absolute Gasteiger partial charge is 0.356 e. The van der Waals surface area contributed by atoms with Crippen molar-refractivity contribution >= 4 is 11.6 Å². The lowest BCUT2D eigenvalue weighted by atomic mass is 9.94. The Hall–Kier alpha value is -1.48. The topological polar surface area (TPSA) is 69.2 Å². The molecule has 4 saturated heterocycles. The molecule has 0 N–H and O–H groups in total. The van der Waals surface area contributed by atoms with E-state index in [0.29, 0.717) is 44.2 Å². The van der Waals surface area contributed by atoms with Gasteiger partial charge in [-0.15, -0.1) is 0 Å². The van der Waals surface area contributed by atoms with Gasteiger partial charge in [-0.2, -0.15) is 0 Å². The third-order valence-electron chi connectivity index (χ3n) is 7.00. The highest BCUT2D eigenvalue weighted by Gasteiger charge is 2.35. The molecule has 0 unspecified atom stereocenters. The first kappa shape index (κ1) is 21.4. The molecule has 5 rings (SSSR count). The highest BCUT2D eigenvalue weighted by molar-refractivity contribution is 5.62. The van der Waals surface area contributed by atoms with Gasteiger partial charge in [-0.25, -0.2) is 9.97 Å². The molecule has 1 aromatic heterocycles. The maximum absolute atomic E-state index is 5.82. The quantitative estimate of drug-likeness (QED) is 0.704. The predicted molar refractivity (Wildman–Crippen MR) is 117 cm³/mol. The Morgan fingerprint density at radius 3 is 1.65 bits per heavy atom. The van der Waals surface area contributed by atoms with Gasteiger partial charge in [0.1, 0.15) is 18.0 Å². The van der Waals surface area contributed by atoms with Crippen molar-refractivity contribution in [3.63, 3.8) is 0 Å². The first-order valence-electron chi connectivity index (χ1n) is 12.0. The van der Waals surface area contributed by atoms with Crippen LogP contribution in [0.5, 0.6) is 0 Å². The second-order valence-electron chi connectivity index (χ2n) is 9.51. The van der Waals surface area contributed by atoms with E-state index >= 15 is 0 Å². The first-order chi connectivity index (χ1) is 15.2. The fraction of sp³-hybridized carbons (Fsp3) is 0.826. The van der Waals surface area contributed by atoms with Gasteiger partial charge in [-0.05, 0) is 31.6 Å². The molecule has 0 radical (unpaired) electrons. The molecule has 0 saturated carbocycles. The SMILES string of the molecule is CC(C)c1c(N2CCC[C@H](C3OCCO3)C2)ncnc1N1CCC[C@H](C2OCCO2)C1. The van der Waals surface area contributed by atoms with Crippen molar-refractivity contribution < 1.29 is 18.9 Å². The standard InChI is InChI=1S/C23H36N4O4/c1-16(2)19-20(26-7-3-5-17(13-26)22-28-9-10-29-22)24-15-25-21(19)27-8-4-6-18(14-27)23-30-11-12-31-23/h15-18,22-23H,3-14H2,1-2H3/t17-,18-/m0/s1. The van der Waals surface area contributed by atoms with Gasteiger partial charge < -0.3 is 28.7 Å². The van der Waals surface area contributed by atoms with Gasteiger partial charge in [-0.1, -0.05) is 13.8 Å². The van der Waals surface area contributed by atoms with Crippen molar-refractivity contribution in [1.82, 2.24) is 9.97 Å². The molecule has 0 amide bonds. The summed E-state index contributed by atoms with van der Waals surface area (Å²) in [4.78, 5) is 14.5. The van der Waals surface area contributed by atoms with Gasteiger partial charge in [0.15, 0.2) is 12.6 Å². The summed E-state index contributed by atoms with van der Waals surface area (Å²) in [6, 6.07) is 0. The van der Waals surface area contributed by atoms with E-state index in [1.54, 1.807) is 6.33 Å². The van der Waals surface area contributed by atoms with Crippen LogP contribution in [0.4, 0.5) is 11.6 Å². The average Bonchev–Trinajstić information content (AvgIpc) is 3.53. The molecule has 0 bridgehead atoms. The van der Waals surface area contributed by atoms with Crippen LogP contribution in [-0.4, -0.2) is 75.2 Å². The zero-order valence-corrected chi connectivity index (χ0v) is 18.9. The number of hydrogen-bond donors (Lipinski definition) is 0. The first-order valence-corrected chi connectivity index (χ1v) is 12.0. The van der Waals surface area contributed by atoms with Crippen LogP contribution in [0, 0.1) is 11.8 Å². The van der Waals surface area contributed by atoms with Gasteiger partial charge in [-0.3, -0.25) is 0 Å². The summed E-state index contributed by atoms with van der Waals surface area (Å²) in [7, 11) is 0. The van der Waals surface area contributed by atoms with E-state index in [1.807, 2.05) is 0 Å². The number of ether oxygens (including phenoxy) is 4. The molecule has 4 aliphatic rings. The predicted octanol–water partition coefficient (Wildman–Crippen LogP) is 2.78. The summed E-state index contributed by atoms with van der Waals surface area (Å²) in [5, 5.41) is 0. The molecule has 0 aromatic carbocycles. The molecule has 4 aliphatic heterocycles. The van der Waals surface area contributed by atoms with Crippen LogP contribution >= 0.6 is 0 Å². The molecule has 31 heavy (non-hydrogen) atoms. The summed E-state index contributed by atoms with van der Waals surface area (Å²) in [6.07, 6.45) is 6.16. The van der Waals surface area contributed by atoms with Crippen LogP contribution in [0.15, 0.2) is 6.33 Å². The maximum Gasteiger partial charge on any atom is 0.162 e. The van der Waals surface area contributed by atoms with E-state index in [2.05, 4.69) is 23.6 Å². The number of aromatic nitrogens is 2. The van der Waals surface area contributed by atoms with Crippen LogP contribution in [-0.2, 0) is 18.9 Å². The summed E-state index contributed by atoms with van der Waals surface area (Å²) in [6.45, 7) is 11.2. The molecule has 172 valence electrons. The lowest BCUT2D eigenvalue weighted by Gasteiger charge is -2.39. The van der Waals surface area contributed by atoms with E-state index in [-0.39, 0.29) is 12.6 Å². The number of rotatable bonds is 5. The molecule has 0 aliphatic carbocycles. The molecule has 8 nitrogen and oxygen atoms in total. The molecule has 8 heteroatoms. The van der Waals surface area contributed by atoms with Crippen molar-refractivity contribution in [2.24, 2.45) is 11.8 Å². The minimum atomic E-state index is -0.0686. The summed E-state index contributed by atoms with van der Waals surface area (Å²) < 4.78 is 23.3. The third kappa shape index (κ3) is 4.53. The van der Waals surface area contributed by atoms with Crippen LogP contribution < -0.4 is 9.80 Å². The van der Waals surface area contributed by atoms with Crippen molar-refractivity contribution in [3.05, 3.63) is 11.9 Å². The Balaban J connectivity index is 1.38. The fourth-order valence-corrected chi connectivity index (χ4v) is 5.54. The molecular formula is C23H36N4O4. The second kappa shape index (κ2) is 9.57. The van der Waals surface area contributed by atoms with E-state index < -0.39 is 0 Å². The van der Waals surface area contributed by atoms with E-state index in [4.69, 9.17) is 28.9 Å². The van der Waals surface area contributed by atoms with Crippen molar-refractivity contribution in [2.75, 3.05) is 62.4 Å². The smallest absolute Gasteiger partial charge is 0.162 e. The zero-order valence-electron chi connectivity index (χ0n) is 18.9. The van der Waals surface area contributed by atoms with Gasteiger partial charge in [0.25, 0.3) is 0 Å². The number of piperidine rings is 2. The lowest BCUT2D eigenvalue weighted by Crippen LogP contribution is -2.43. The van der Waals surface area contributed by atoms with Crippen LogP contribution in [0.1, 0.15) is 51.0 Å². The highest BCUT2D eigenvalue weighted by Crippen LogP contribution is 2.38. The summed E-state index contributed by atoms with van der Waals surface area (Å²) >= 11 is 0. The molecule has 4 fully saturated rings. The summed E-state index contributed by atoms with van der Waals surface area (Å²) in [5.74, 6) is 3.29. The van der Waals surface area contributed by atoms with E-state index in [1.165, 1.54) is 5.56 Å². The third-order valence-corrected chi connectivity index (χ3v) is 7.00. The average molecular weight is 433 g/mol. The van der Waals surface area contributed by atoms with Gasteiger partial charge in [0.2, 0.25) is 0 Å². The monoisotopic (exact) mass is 432 g/mol. The van der Waals surface area contributed by atoms with Crippen molar-refractivity contribution in [3.8, 4) is 0 Å². The summed E-state index contributed by atoms with van der Waals surface area (Å²) in [5.41, 5.74) is 1.25. The van der Waals surface area contributed by atoms with Gasteiger partial charge in [0.05, 0.1) is 26.4 Å². The van der Waals surface area contributed by atoms with Crippen LogP contribution in [0.2, 0.25) is 0 Å². The number of nitrogens with zero attached hydrogens (tertiary/aromatic N) is 4. The number of anilines is 2. The molecule has 5 heterocycles. The van der Waals surface area contributed by atoms with Crippen molar-refractivity contribution in [1.29, 1.82) is 0 Å². The normalized spacial score (nSPS) is 28.7. The number of hydrogen-bond acceptors (Lipinski definition) is 8. The minimum absolute atomic E-state index is 0.0686. The highest BCUT2D eigenvalue weighted by atomic mass is 16.7. The molecular weight excluding hydrogens is 396 g/mol. The Labute approximate surface area is 185 Å².